The maximum absolute atomic E-state index is 10.9. The number of hydrogen-bond acceptors (Lipinski definition) is 3. The van der Waals surface area contributed by atoms with E-state index in [1.165, 1.54) is 6.92 Å². The summed E-state index contributed by atoms with van der Waals surface area (Å²) in [4.78, 5) is 21.6. The Hall–Kier alpha value is -1.88. The first-order valence-electron chi connectivity index (χ1n) is 4.75. The summed E-state index contributed by atoms with van der Waals surface area (Å²) in [6.07, 6.45) is -1.66. The molecule has 1 aromatic carbocycles. The number of aliphatic carboxylic acids is 1. The number of aliphatic hydroxyl groups is 1. The zero-order valence-corrected chi connectivity index (χ0v) is 8.75. The molecule has 3 N–H and O–H groups in total. The molecule has 0 spiro atoms. The molecular weight excluding hydrogens is 210 g/mol. The van der Waals surface area contributed by atoms with Gasteiger partial charge in [0, 0.05) is 6.92 Å². The van der Waals surface area contributed by atoms with Crippen molar-refractivity contribution in [3.8, 4) is 0 Å². The minimum atomic E-state index is -1.66. The second-order valence-corrected chi connectivity index (χ2v) is 3.37. The Labute approximate surface area is 92.7 Å². The molecule has 0 heterocycles. The van der Waals surface area contributed by atoms with Crippen LogP contribution in [0.2, 0.25) is 0 Å². The van der Waals surface area contributed by atoms with Gasteiger partial charge in [0.2, 0.25) is 5.91 Å². The predicted octanol–water partition coefficient (Wildman–Crippen LogP) is 0.309. The molecule has 0 fully saturated rings. The van der Waals surface area contributed by atoms with Crippen molar-refractivity contribution in [1.29, 1.82) is 0 Å². The number of nitrogens with one attached hydrogen (secondary N) is 1. The molecule has 5 nitrogen and oxygen atoms in total. The number of carboxylic acid groups (broad SMARTS) is 1. The standard InChI is InChI=1S/C11H13NO4/c1-7(13)12-9(10(14)11(15)16)8-5-3-2-4-6-8/h2-6,9-10,14H,1H3,(H,12,13)(H,15,16)/t9-,10+/m0/s1. The van der Waals surface area contributed by atoms with Crippen LogP contribution in [0.5, 0.6) is 0 Å². The summed E-state index contributed by atoms with van der Waals surface area (Å²) < 4.78 is 0. The van der Waals surface area contributed by atoms with E-state index in [9.17, 15) is 14.7 Å². The molecule has 0 aromatic heterocycles. The van der Waals surface area contributed by atoms with Crippen LogP contribution in [0, 0.1) is 0 Å². The fourth-order valence-electron chi connectivity index (χ4n) is 1.37. The number of rotatable bonds is 4. The number of carbonyl (C=O) groups is 2. The lowest BCUT2D eigenvalue weighted by molar-refractivity contribution is -0.148. The lowest BCUT2D eigenvalue weighted by atomic mass is 10.0. The highest BCUT2D eigenvalue weighted by molar-refractivity contribution is 5.77. The number of hydrogen-bond donors (Lipinski definition) is 3. The molecule has 0 bridgehead atoms. The van der Waals surface area contributed by atoms with E-state index in [0.717, 1.165) is 0 Å². The van der Waals surface area contributed by atoms with Crippen LogP contribution in [0.3, 0.4) is 0 Å². The van der Waals surface area contributed by atoms with Crippen LogP contribution in [0.1, 0.15) is 18.5 Å². The van der Waals surface area contributed by atoms with Crippen LogP contribution in [-0.2, 0) is 9.59 Å². The third-order valence-corrected chi connectivity index (χ3v) is 2.09. The van der Waals surface area contributed by atoms with Gasteiger partial charge in [-0.15, -0.1) is 0 Å². The Morgan fingerprint density at radius 1 is 1.25 bits per heavy atom. The van der Waals surface area contributed by atoms with Crippen molar-refractivity contribution in [1.82, 2.24) is 5.32 Å². The molecule has 1 rings (SSSR count). The van der Waals surface area contributed by atoms with Crippen molar-refractivity contribution >= 4 is 11.9 Å². The van der Waals surface area contributed by atoms with E-state index >= 15 is 0 Å². The Bertz CT molecular complexity index is 377. The number of aliphatic hydroxyl groups excluding tert-OH is 1. The molecule has 0 saturated heterocycles. The van der Waals surface area contributed by atoms with Gasteiger partial charge >= 0.3 is 5.97 Å². The molecule has 0 unspecified atom stereocenters. The van der Waals surface area contributed by atoms with Gasteiger partial charge in [-0.2, -0.15) is 0 Å². The molecule has 2 atom stereocenters. The monoisotopic (exact) mass is 223 g/mol. The maximum atomic E-state index is 10.9. The summed E-state index contributed by atoms with van der Waals surface area (Å²) in [6.45, 7) is 1.27. The molecule has 0 saturated carbocycles. The van der Waals surface area contributed by atoms with Gasteiger partial charge < -0.3 is 15.5 Å². The quantitative estimate of drug-likeness (QED) is 0.685. The largest absolute Gasteiger partial charge is 0.479 e. The lowest BCUT2D eigenvalue weighted by Crippen LogP contribution is -2.39. The van der Waals surface area contributed by atoms with Crippen molar-refractivity contribution in [2.75, 3.05) is 0 Å². The first kappa shape index (κ1) is 12.2. The maximum Gasteiger partial charge on any atom is 0.335 e. The summed E-state index contributed by atoms with van der Waals surface area (Å²) in [5.74, 6) is -1.77. The fourth-order valence-corrected chi connectivity index (χ4v) is 1.37. The topological polar surface area (TPSA) is 86.6 Å². The number of carbonyl (C=O) groups excluding carboxylic acids is 1. The minimum absolute atomic E-state index is 0.394. The van der Waals surface area contributed by atoms with Gasteiger partial charge in [0.05, 0.1) is 6.04 Å². The van der Waals surface area contributed by atoms with Crippen LogP contribution in [0.4, 0.5) is 0 Å². The van der Waals surface area contributed by atoms with Crippen LogP contribution in [-0.4, -0.2) is 28.2 Å². The Morgan fingerprint density at radius 3 is 2.25 bits per heavy atom. The van der Waals surface area contributed by atoms with Gasteiger partial charge in [0.25, 0.3) is 0 Å². The van der Waals surface area contributed by atoms with Crippen molar-refractivity contribution in [2.45, 2.75) is 19.1 Å². The van der Waals surface area contributed by atoms with E-state index in [-0.39, 0.29) is 0 Å². The van der Waals surface area contributed by atoms with Gasteiger partial charge in [-0.05, 0) is 5.56 Å². The molecular formula is C11H13NO4. The fraction of sp³-hybridized carbons (Fsp3) is 0.273. The smallest absolute Gasteiger partial charge is 0.335 e. The molecule has 16 heavy (non-hydrogen) atoms. The molecule has 1 amide bonds. The third-order valence-electron chi connectivity index (χ3n) is 2.09. The summed E-state index contributed by atoms with van der Waals surface area (Å²) >= 11 is 0. The second-order valence-electron chi connectivity index (χ2n) is 3.37. The molecule has 5 heteroatoms. The minimum Gasteiger partial charge on any atom is -0.479 e. The van der Waals surface area contributed by atoms with Gasteiger partial charge in [-0.1, -0.05) is 30.3 Å². The molecule has 0 aliphatic rings. The van der Waals surface area contributed by atoms with Crippen LogP contribution in [0.25, 0.3) is 0 Å². The van der Waals surface area contributed by atoms with Crippen molar-refractivity contribution < 1.29 is 19.8 Å². The lowest BCUT2D eigenvalue weighted by Gasteiger charge is -2.20. The van der Waals surface area contributed by atoms with Crippen molar-refractivity contribution in [2.24, 2.45) is 0 Å². The van der Waals surface area contributed by atoms with Crippen molar-refractivity contribution in [3.05, 3.63) is 35.9 Å². The summed E-state index contributed by atoms with van der Waals surface area (Å²) in [5, 5.41) is 20.6. The first-order valence-corrected chi connectivity index (χ1v) is 4.75. The van der Waals surface area contributed by atoms with E-state index in [2.05, 4.69) is 5.32 Å². The highest BCUT2D eigenvalue weighted by atomic mass is 16.4. The summed E-state index contributed by atoms with van der Waals surface area (Å²) in [7, 11) is 0. The van der Waals surface area contributed by atoms with E-state index in [1.807, 2.05) is 0 Å². The number of carboxylic acids is 1. The van der Waals surface area contributed by atoms with Crippen LogP contribution in [0.15, 0.2) is 30.3 Å². The summed E-state index contributed by atoms with van der Waals surface area (Å²) in [5.41, 5.74) is 0.549. The van der Waals surface area contributed by atoms with E-state index in [1.54, 1.807) is 30.3 Å². The molecule has 86 valence electrons. The van der Waals surface area contributed by atoms with E-state index in [0.29, 0.717) is 5.56 Å². The van der Waals surface area contributed by atoms with Crippen LogP contribution < -0.4 is 5.32 Å². The average molecular weight is 223 g/mol. The highest BCUT2D eigenvalue weighted by Gasteiger charge is 2.27. The zero-order valence-electron chi connectivity index (χ0n) is 8.75. The van der Waals surface area contributed by atoms with Crippen LogP contribution >= 0.6 is 0 Å². The van der Waals surface area contributed by atoms with Gasteiger partial charge in [0.15, 0.2) is 6.10 Å². The Balaban J connectivity index is 2.96. The Morgan fingerprint density at radius 2 is 1.81 bits per heavy atom. The van der Waals surface area contributed by atoms with Gasteiger partial charge in [0.1, 0.15) is 0 Å². The SMILES string of the molecule is CC(=O)N[C@@H](c1ccccc1)[C@@H](O)C(=O)O. The molecule has 1 aromatic rings. The average Bonchev–Trinajstić information content (AvgIpc) is 2.26. The van der Waals surface area contributed by atoms with E-state index in [4.69, 9.17) is 5.11 Å². The highest BCUT2D eigenvalue weighted by Crippen LogP contribution is 2.16. The zero-order chi connectivity index (χ0) is 12.1. The summed E-state index contributed by atoms with van der Waals surface area (Å²) in [6, 6.07) is 7.54. The number of amides is 1. The van der Waals surface area contributed by atoms with E-state index < -0.39 is 24.0 Å². The van der Waals surface area contributed by atoms with Crippen molar-refractivity contribution in [3.63, 3.8) is 0 Å². The third kappa shape index (κ3) is 3.06. The Kier molecular flexibility index (Phi) is 4.02. The molecule has 0 aliphatic heterocycles. The number of benzene rings is 1. The first-order chi connectivity index (χ1) is 7.52. The normalized spacial score (nSPS) is 13.9. The second kappa shape index (κ2) is 5.27. The van der Waals surface area contributed by atoms with Gasteiger partial charge in [-0.3, -0.25) is 4.79 Å². The predicted molar refractivity (Wildman–Crippen MR) is 56.6 cm³/mol. The molecule has 0 aliphatic carbocycles. The molecule has 0 radical (unpaired) electrons. The van der Waals surface area contributed by atoms with Gasteiger partial charge in [-0.25, -0.2) is 4.79 Å².